The number of ether oxygens (including phenoxy) is 1. The molecule has 0 aromatic rings. The van der Waals surface area contributed by atoms with Gasteiger partial charge in [-0.25, -0.2) is 0 Å². The van der Waals surface area contributed by atoms with E-state index in [1.807, 2.05) is 0 Å². The zero-order valence-corrected chi connectivity index (χ0v) is 19.4. The van der Waals surface area contributed by atoms with Crippen LogP contribution in [0.4, 0.5) is 0 Å². The van der Waals surface area contributed by atoms with E-state index in [1.54, 1.807) is 0 Å². The topological polar surface area (TPSA) is 35.5 Å². The number of ketones is 1. The number of hydrogen-bond donors (Lipinski definition) is 0. The lowest BCUT2D eigenvalue weighted by Gasteiger charge is -2.65. The summed E-state index contributed by atoms with van der Waals surface area (Å²) in [7, 11) is -2.19. The second kappa shape index (κ2) is 6.15. The van der Waals surface area contributed by atoms with E-state index < -0.39 is 14.1 Å². The SMILES string of the molecule is CC(C)[Si](O[C@]12OC[C@@H]3CC(C)(C)C[C@@H]3[C@@]1(C)CC2=O)(C(C)C)C(C)C. The summed E-state index contributed by atoms with van der Waals surface area (Å²) in [5.41, 5.74) is 1.55. The van der Waals surface area contributed by atoms with E-state index in [9.17, 15) is 4.79 Å². The maximum absolute atomic E-state index is 13.1. The van der Waals surface area contributed by atoms with Crippen molar-refractivity contribution >= 4 is 14.1 Å². The van der Waals surface area contributed by atoms with Crippen LogP contribution < -0.4 is 0 Å². The van der Waals surface area contributed by atoms with Crippen molar-refractivity contribution in [2.75, 3.05) is 6.61 Å². The van der Waals surface area contributed by atoms with Gasteiger partial charge in [0.1, 0.15) is 0 Å². The second-order valence-electron chi connectivity index (χ2n) is 11.3. The first-order valence-corrected chi connectivity index (χ1v) is 12.8. The van der Waals surface area contributed by atoms with Gasteiger partial charge in [0.15, 0.2) is 5.78 Å². The lowest BCUT2D eigenvalue weighted by molar-refractivity contribution is -0.321. The molecule has 3 rings (SSSR count). The van der Waals surface area contributed by atoms with E-state index >= 15 is 0 Å². The molecule has 2 aliphatic carbocycles. The van der Waals surface area contributed by atoms with E-state index in [1.165, 1.54) is 12.8 Å². The van der Waals surface area contributed by atoms with Crippen LogP contribution in [0.25, 0.3) is 0 Å². The summed E-state index contributed by atoms with van der Waals surface area (Å²) in [5.74, 6) is 0.344. The standard InChI is InChI=1S/C22H40O3Si/c1-14(2)26(15(3)4,16(5)6)25-22-19(23)12-21(22,9)18-11-20(7,8)10-17(18)13-24-22/h14-18H,10-13H2,1-9H3/t17-,18-,21+,22-/m0/s1. The number of carbonyl (C=O) groups excluding carboxylic acids is 1. The molecule has 0 amide bonds. The molecule has 3 nitrogen and oxygen atoms in total. The van der Waals surface area contributed by atoms with Crippen molar-refractivity contribution in [1.82, 2.24) is 0 Å². The molecule has 4 atom stereocenters. The third-order valence-electron chi connectivity index (χ3n) is 8.15. The number of carbonyl (C=O) groups is 1. The fourth-order valence-corrected chi connectivity index (χ4v) is 12.7. The zero-order valence-electron chi connectivity index (χ0n) is 18.4. The van der Waals surface area contributed by atoms with Crippen LogP contribution in [-0.2, 0) is 14.0 Å². The first-order valence-electron chi connectivity index (χ1n) is 10.7. The summed E-state index contributed by atoms with van der Waals surface area (Å²) in [6.45, 7) is 21.4. The monoisotopic (exact) mass is 380 g/mol. The molecule has 0 N–H and O–H groups in total. The van der Waals surface area contributed by atoms with Crippen LogP contribution in [0.2, 0.25) is 16.6 Å². The van der Waals surface area contributed by atoms with E-state index in [4.69, 9.17) is 9.16 Å². The quantitative estimate of drug-likeness (QED) is 0.554. The van der Waals surface area contributed by atoms with Gasteiger partial charge in [-0.15, -0.1) is 0 Å². The van der Waals surface area contributed by atoms with Gasteiger partial charge in [0.05, 0.1) is 6.61 Å². The van der Waals surface area contributed by atoms with Crippen LogP contribution in [0.1, 0.15) is 81.6 Å². The molecule has 26 heavy (non-hydrogen) atoms. The third-order valence-corrected chi connectivity index (χ3v) is 14.2. The van der Waals surface area contributed by atoms with Crippen molar-refractivity contribution in [1.29, 1.82) is 0 Å². The Balaban J connectivity index is 2.01. The minimum absolute atomic E-state index is 0.155. The molecule has 1 heterocycles. The Hall–Kier alpha value is -0.193. The average molecular weight is 381 g/mol. The Kier molecular flexibility index (Phi) is 4.86. The van der Waals surface area contributed by atoms with Crippen molar-refractivity contribution in [2.24, 2.45) is 22.7 Å². The summed E-state index contributed by atoms with van der Waals surface area (Å²) in [6.07, 6.45) is 3.02. The molecule has 1 aliphatic heterocycles. The maximum Gasteiger partial charge on any atom is 0.226 e. The smallest absolute Gasteiger partial charge is 0.226 e. The zero-order chi connectivity index (χ0) is 19.7. The van der Waals surface area contributed by atoms with Gasteiger partial charge < -0.3 is 9.16 Å². The summed E-state index contributed by atoms with van der Waals surface area (Å²) < 4.78 is 13.6. The van der Waals surface area contributed by atoms with Crippen LogP contribution in [0.15, 0.2) is 0 Å². The summed E-state index contributed by atoms with van der Waals surface area (Å²) in [6, 6.07) is 0. The minimum Gasteiger partial charge on any atom is -0.383 e. The van der Waals surface area contributed by atoms with E-state index in [2.05, 4.69) is 62.3 Å². The fraction of sp³-hybridized carbons (Fsp3) is 0.955. The molecule has 3 aliphatic rings. The minimum atomic E-state index is -2.19. The first kappa shape index (κ1) is 20.5. The van der Waals surface area contributed by atoms with E-state index in [0.29, 0.717) is 46.9 Å². The number of fused-ring (bicyclic) bond motifs is 3. The second-order valence-corrected chi connectivity index (χ2v) is 16.7. The highest BCUT2D eigenvalue weighted by Gasteiger charge is 2.75. The molecular formula is C22H40O3Si. The normalized spacial score (nSPS) is 39.3. The van der Waals surface area contributed by atoms with Gasteiger partial charge in [-0.1, -0.05) is 62.3 Å². The first-order chi connectivity index (χ1) is 11.8. The predicted molar refractivity (Wildman–Crippen MR) is 109 cm³/mol. The van der Waals surface area contributed by atoms with Gasteiger partial charge in [-0.3, -0.25) is 4.79 Å². The van der Waals surface area contributed by atoms with Gasteiger partial charge in [0.25, 0.3) is 0 Å². The average Bonchev–Trinajstić information content (AvgIpc) is 2.81. The van der Waals surface area contributed by atoms with Crippen molar-refractivity contribution in [3.63, 3.8) is 0 Å². The number of hydrogen-bond acceptors (Lipinski definition) is 3. The highest BCUT2D eigenvalue weighted by molar-refractivity contribution is 6.77. The summed E-state index contributed by atoms with van der Waals surface area (Å²) >= 11 is 0. The molecule has 2 saturated carbocycles. The van der Waals surface area contributed by atoms with Gasteiger partial charge >= 0.3 is 0 Å². The van der Waals surface area contributed by atoms with E-state index in [-0.39, 0.29) is 11.2 Å². The molecule has 0 aromatic heterocycles. The Morgan fingerprint density at radius 3 is 2.00 bits per heavy atom. The molecule has 3 fully saturated rings. The van der Waals surface area contributed by atoms with Crippen LogP contribution in [0.3, 0.4) is 0 Å². The van der Waals surface area contributed by atoms with Crippen molar-refractivity contribution in [3.8, 4) is 0 Å². The fourth-order valence-electron chi connectivity index (χ4n) is 7.05. The number of Topliss-reactive ketones (excluding diaryl/α,β-unsaturated/α-hetero) is 1. The Labute approximate surface area is 161 Å². The molecule has 0 radical (unpaired) electrons. The van der Waals surface area contributed by atoms with Gasteiger partial charge in [-0.05, 0) is 46.7 Å². The van der Waals surface area contributed by atoms with Gasteiger partial charge in [-0.2, -0.15) is 0 Å². The largest absolute Gasteiger partial charge is 0.383 e. The highest BCUT2D eigenvalue weighted by Crippen LogP contribution is 2.67. The van der Waals surface area contributed by atoms with Crippen LogP contribution in [-0.4, -0.2) is 26.5 Å². The third kappa shape index (κ3) is 2.54. The number of rotatable bonds is 5. The maximum atomic E-state index is 13.1. The van der Waals surface area contributed by atoms with Crippen molar-refractivity contribution < 1.29 is 14.0 Å². The highest BCUT2D eigenvalue weighted by atomic mass is 28.4. The lowest BCUT2D eigenvalue weighted by atomic mass is 9.53. The molecular weight excluding hydrogens is 340 g/mol. The molecule has 0 spiro atoms. The molecule has 150 valence electrons. The predicted octanol–water partition coefficient (Wildman–Crippen LogP) is 5.94. The molecule has 0 aromatic carbocycles. The van der Waals surface area contributed by atoms with Crippen LogP contribution in [0, 0.1) is 22.7 Å². The molecule has 1 saturated heterocycles. The molecule has 4 heteroatoms. The van der Waals surface area contributed by atoms with Gasteiger partial charge in [0, 0.05) is 11.8 Å². The van der Waals surface area contributed by atoms with Crippen molar-refractivity contribution in [3.05, 3.63) is 0 Å². The Morgan fingerprint density at radius 1 is 1.00 bits per heavy atom. The lowest BCUT2D eigenvalue weighted by Crippen LogP contribution is -2.76. The van der Waals surface area contributed by atoms with E-state index in [0.717, 1.165) is 0 Å². The molecule has 0 unspecified atom stereocenters. The summed E-state index contributed by atoms with van der Waals surface area (Å²) in [4.78, 5) is 13.1. The molecule has 0 bridgehead atoms. The van der Waals surface area contributed by atoms with Crippen LogP contribution in [0.5, 0.6) is 0 Å². The van der Waals surface area contributed by atoms with Gasteiger partial charge in [0.2, 0.25) is 14.1 Å². The van der Waals surface area contributed by atoms with Crippen LogP contribution >= 0.6 is 0 Å². The van der Waals surface area contributed by atoms with Crippen molar-refractivity contribution in [2.45, 2.75) is 104 Å². The summed E-state index contributed by atoms with van der Waals surface area (Å²) in [5, 5.41) is 0. The Bertz CT molecular complexity index is 560. The Morgan fingerprint density at radius 2 is 1.54 bits per heavy atom.